The third kappa shape index (κ3) is 4.76. The van der Waals surface area contributed by atoms with E-state index in [1.165, 1.54) is 42.5 Å². The minimum absolute atomic E-state index is 0.0788. The Morgan fingerprint density at radius 2 is 1.85 bits per heavy atom. The fourth-order valence-electron chi connectivity index (χ4n) is 3.04. The van der Waals surface area contributed by atoms with Crippen LogP contribution in [0.5, 0.6) is 5.75 Å². The predicted molar refractivity (Wildman–Crippen MR) is 124 cm³/mol. The number of nitrogens with one attached hydrogen (secondary N) is 2. The predicted octanol–water partition coefficient (Wildman–Crippen LogP) is 5.08. The fraction of sp³-hybridized carbons (Fsp3) is 0. The van der Waals surface area contributed by atoms with Crippen LogP contribution in [0, 0.1) is 21.4 Å². The van der Waals surface area contributed by atoms with E-state index in [2.05, 4.69) is 25.5 Å². The molecule has 0 atom stereocenters. The van der Waals surface area contributed by atoms with Crippen molar-refractivity contribution < 1.29 is 10.0 Å². The summed E-state index contributed by atoms with van der Waals surface area (Å²) in [4.78, 5) is 29.7. The Morgan fingerprint density at radius 3 is 2.59 bits per heavy atom. The molecule has 0 aliphatic rings. The van der Waals surface area contributed by atoms with Gasteiger partial charge in [0.05, 0.1) is 16.3 Å². The van der Waals surface area contributed by atoms with Crippen LogP contribution in [0.1, 0.15) is 5.56 Å². The number of nitrogens with zero attached hydrogens (tertiary/aromatic N) is 5. The molecule has 0 fully saturated rings. The van der Waals surface area contributed by atoms with Crippen LogP contribution in [-0.4, -0.2) is 20.0 Å². The SMILES string of the molecule is N#Cc1c(-c2ccccc2)nc(Nc2ccc(O)c(N=Nc3cccc([N+](=O)[O-])c3)c2)[nH]c1=O. The number of non-ortho nitro benzene ring substituents is 1. The molecule has 0 bridgehead atoms. The second kappa shape index (κ2) is 9.41. The quantitative estimate of drug-likeness (QED) is 0.158. The van der Waals surface area contributed by atoms with Crippen molar-refractivity contribution in [3.05, 3.63) is 98.8 Å². The molecule has 0 saturated heterocycles. The molecule has 0 unspecified atom stereocenters. The van der Waals surface area contributed by atoms with Crippen molar-refractivity contribution in [2.75, 3.05) is 5.32 Å². The Kier molecular flexibility index (Phi) is 6.05. The summed E-state index contributed by atoms with van der Waals surface area (Å²) in [5.41, 5.74) is 0.688. The monoisotopic (exact) mass is 453 g/mol. The molecule has 4 rings (SSSR count). The summed E-state index contributed by atoms with van der Waals surface area (Å²) in [5.74, 6) is -0.0962. The molecule has 11 heteroatoms. The van der Waals surface area contributed by atoms with Crippen molar-refractivity contribution >= 4 is 28.7 Å². The average Bonchev–Trinajstić information content (AvgIpc) is 2.84. The van der Waals surface area contributed by atoms with E-state index in [0.717, 1.165) is 0 Å². The Bertz CT molecular complexity index is 1510. The Labute approximate surface area is 191 Å². The highest BCUT2D eigenvalue weighted by Crippen LogP contribution is 2.32. The van der Waals surface area contributed by atoms with E-state index >= 15 is 0 Å². The molecule has 3 aromatic carbocycles. The summed E-state index contributed by atoms with van der Waals surface area (Å²) < 4.78 is 0. The second-order valence-electron chi connectivity index (χ2n) is 6.92. The van der Waals surface area contributed by atoms with E-state index in [0.29, 0.717) is 11.3 Å². The molecule has 166 valence electrons. The molecule has 3 N–H and O–H groups in total. The van der Waals surface area contributed by atoms with Crippen LogP contribution in [0.15, 0.2) is 87.8 Å². The summed E-state index contributed by atoms with van der Waals surface area (Å²) >= 11 is 0. The fourth-order valence-corrected chi connectivity index (χ4v) is 3.04. The smallest absolute Gasteiger partial charge is 0.271 e. The van der Waals surface area contributed by atoms with E-state index in [1.807, 2.05) is 12.1 Å². The number of nitro benzene ring substituents is 1. The lowest BCUT2D eigenvalue weighted by Gasteiger charge is -2.09. The number of nitriles is 1. The number of aromatic hydroxyl groups is 1. The minimum atomic E-state index is -0.608. The maximum absolute atomic E-state index is 12.4. The van der Waals surface area contributed by atoms with Crippen molar-refractivity contribution in [3.8, 4) is 23.1 Å². The first-order valence-electron chi connectivity index (χ1n) is 9.80. The second-order valence-corrected chi connectivity index (χ2v) is 6.92. The van der Waals surface area contributed by atoms with Gasteiger partial charge in [-0.25, -0.2) is 4.98 Å². The summed E-state index contributed by atoms with van der Waals surface area (Å²) in [7, 11) is 0. The lowest BCUT2D eigenvalue weighted by atomic mass is 10.1. The van der Waals surface area contributed by atoms with Gasteiger partial charge in [0.15, 0.2) is 0 Å². The van der Waals surface area contributed by atoms with Crippen molar-refractivity contribution in [2.45, 2.75) is 0 Å². The maximum atomic E-state index is 12.4. The van der Waals surface area contributed by atoms with Crippen molar-refractivity contribution in [2.24, 2.45) is 10.2 Å². The lowest BCUT2D eigenvalue weighted by molar-refractivity contribution is -0.384. The largest absolute Gasteiger partial charge is 0.506 e. The van der Waals surface area contributed by atoms with Crippen LogP contribution < -0.4 is 10.9 Å². The highest BCUT2D eigenvalue weighted by Gasteiger charge is 2.14. The van der Waals surface area contributed by atoms with Gasteiger partial charge in [-0.05, 0) is 24.3 Å². The molecule has 0 spiro atoms. The lowest BCUT2D eigenvalue weighted by Crippen LogP contribution is -2.16. The first-order chi connectivity index (χ1) is 16.4. The van der Waals surface area contributed by atoms with Crippen molar-refractivity contribution in [1.29, 1.82) is 5.26 Å². The minimum Gasteiger partial charge on any atom is -0.506 e. The van der Waals surface area contributed by atoms with Gasteiger partial charge in [0.2, 0.25) is 5.95 Å². The zero-order valence-corrected chi connectivity index (χ0v) is 17.3. The molecule has 0 aliphatic carbocycles. The number of phenols is 1. The summed E-state index contributed by atoms with van der Waals surface area (Å²) in [6.45, 7) is 0. The molecular formula is C23H15N7O4. The highest BCUT2D eigenvalue weighted by molar-refractivity contribution is 5.69. The van der Waals surface area contributed by atoms with Crippen LogP contribution in [0.4, 0.5) is 28.7 Å². The molecule has 1 aromatic heterocycles. The van der Waals surface area contributed by atoms with E-state index < -0.39 is 10.5 Å². The van der Waals surface area contributed by atoms with Gasteiger partial charge in [0.1, 0.15) is 23.1 Å². The van der Waals surface area contributed by atoms with E-state index in [9.17, 15) is 25.3 Å². The number of aromatic nitrogens is 2. The van der Waals surface area contributed by atoms with Gasteiger partial charge in [-0.2, -0.15) is 10.4 Å². The van der Waals surface area contributed by atoms with Crippen LogP contribution in [0.25, 0.3) is 11.3 Å². The zero-order valence-electron chi connectivity index (χ0n) is 17.3. The third-order valence-corrected chi connectivity index (χ3v) is 4.63. The molecule has 0 aliphatic heterocycles. The van der Waals surface area contributed by atoms with Crippen LogP contribution in [0.2, 0.25) is 0 Å². The molecule has 0 amide bonds. The molecule has 1 heterocycles. The Balaban J connectivity index is 1.65. The van der Waals surface area contributed by atoms with Gasteiger partial charge < -0.3 is 10.4 Å². The first-order valence-corrected chi connectivity index (χ1v) is 9.80. The normalized spacial score (nSPS) is 10.7. The number of nitro groups is 1. The van der Waals surface area contributed by atoms with Crippen molar-refractivity contribution in [3.63, 3.8) is 0 Å². The number of rotatable bonds is 6. The van der Waals surface area contributed by atoms with E-state index in [-0.39, 0.29) is 40.0 Å². The van der Waals surface area contributed by atoms with E-state index in [1.54, 1.807) is 24.3 Å². The average molecular weight is 453 g/mol. The maximum Gasteiger partial charge on any atom is 0.271 e. The molecule has 4 aromatic rings. The summed E-state index contributed by atoms with van der Waals surface area (Å²) in [6.07, 6.45) is 0. The molecule has 34 heavy (non-hydrogen) atoms. The topological polar surface area (TPSA) is 170 Å². The number of azo groups is 1. The molecular weight excluding hydrogens is 438 g/mol. The van der Waals surface area contributed by atoms with Gasteiger partial charge in [0, 0.05) is 23.4 Å². The van der Waals surface area contributed by atoms with E-state index in [4.69, 9.17) is 0 Å². The third-order valence-electron chi connectivity index (χ3n) is 4.63. The summed E-state index contributed by atoms with van der Waals surface area (Å²) in [5, 5.41) is 41.3. The number of H-pyrrole nitrogens is 1. The van der Waals surface area contributed by atoms with Gasteiger partial charge in [-0.3, -0.25) is 19.9 Å². The van der Waals surface area contributed by atoms with Crippen LogP contribution in [0.3, 0.4) is 0 Å². The first kappa shape index (κ1) is 21.8. The number of hydrogen-bond donors (Lipinski definition) is 3. The number of hydrogen-bond acceptors (Lipinski definition) is 9. The Hall–Kier alpha value is -5.37. The number of phenolic OH excluding ortho intramolecular Hbond substituents is 1. The highest BCUT2D eigenvalue weighted by atomic mass is 16.6. The zero-order chi connectivity index (χ0) is 24.1. The van der Waals surface area contributed by atoms with Gasteiger partial charge in [-0.1, -0.05) is 36.4 Å². The number of aromatic amines is 1. The molecule has 0 saturated carbocycles. The Morgan fingerprint density at radius 1 is 1.06 bits per heavy atom. The van der Waals surface area contributed by atoms with Crippen LogP contribution in [-0.2, 0) is 0 Å². The van der Waals surface area contributed by atoms with Gasteiger partial charge in [-0.15, -0.1) is 5.11 Å². The number of benzene rings is 3. The van der Waals surface area contributed by atoms with Crippen LogP contribution >= 0.6 is 0 Å². The van der Waals surface area contributed by atoms with Gasteiger partial charge in [0.25, 0.3) is 11.2 Å². The number of anilines is 2. The molecule has 11 nitrogen and oxygen atoms in total. The van der Waals surface area contributed by atoms with Crippen molar-refractivity contribution in [1.82, 2.24) is 9.97 Å². The summed E-state index contributed by atoms with van der Waals surface area (Å²) in [6, 6.07) is 20.6. The van der Waals surface area contributed by atoms with Gasteiger partial charge >= 0.3 is 0 Å². The standard InChI is InChI=1S/C23H15N7O4/c24-13-18-21(14-5-2-1-3-6-14)26-23(27-22(18)32)25-15-9-10-20(31)19(12-15)29-28-16-7-4-8-17(11-16)30(33)34/h1-12,31H,(H2,25,26,27,32). The molecule has 0 radical (unpaired) electrons.